The zero-order valence-corrected chi connectivity index (χ0v) is 15.7. The van der Waals surface area contributed by atoms with Crippen LogP contribution in [0.15, 0.2) is 71.9 Å². The van der Waals surface area contributed by atoms with Crippen molar-refractivity contribution in [1.29, 1.82) is 0 Å². The van der Waals surface area contributed by atoms with Crippen molar-refractivity contribution in [2.24, 2.45) is 7.05 Å². The van der Waals surface area contributed by atoms with Crippen LogP contribution in [0.2, 0.25) is 0 Å². The van der Waals surface area contributed by atoms with Gasteiger partial charge in [0.15, 0.2) is 5.65 Å². The van der Waals surface area contributed by atoms with E-state index >= 15 is 0 Å². The summed E-state index contributed by atoms with van der Waals surface area (Å²) < 4.78 is 5.42. The molecule has 0 atom stereocenters. The number of nitrogens with zero attached hydrogens (tertiary/aromatic N) is 5. The summed E-state index contributed by atoms with van der Waals surface area (Å²) >= 11 is 0. The van der Waals surface area contributed by atoms with E-state index in [4.69, 9.17) is 0 Å². The van der Waals surface area contributed by atoms with Gasteiger partial charge in [-0.3, -0.25) is 4.57 Å². The lowest BCUT2D eigenvalue weighted by Crippen LogP contribution is -2.22. The maximum atomic E-state index is 12.9. The number of rotatable bonds is 3. The molecule has 6 heteroatoms. The van der Waals surface area contributed by atoms with Crippen LogP contribution in [-0.4, -0.2) is 23.7 Å². The molecule has 6 nitrogen and oxygen atoms in total. The normalized spacial score (nSPS) is 11.5. The van der Waals surface area contributed by atoms with Crippen LogP contribution in [-0.2, 0) is 13.6 Å². The van der Waals surface area contributed by atoms with E-state index in [2.05, 4.69) is 22.1 Å². The summed E-state index contributed by atoms with van der Waals surface area (Å²) in [7, 11) is 1.99. The van der Waals surface area contributed by atoms with Crippen molar-refractivity contribution < 1.29 is 0 Å². The van der Waals surface area contributed by atoms with Gasteiger partial charge >= 0.3 is 5.69 Å². The largest absolute Gasteiger partial charge is 0.334 e. The van der Waals surface area contributed by atoms with Crippen molar-refractivity contribution in [2.45, 2.75) is 13.5 Å². The molecule has 28 heavy (non-hydrogen) atoms. The van der Waals surface area contributed by atoms with Gasteiger partial charge in [0.05, 0.1) is 28.6 Å². The van der Waals surface area contributed by atoms with Crippen molar-refractivity contribution >= 4 is 22.2 Å². The van der Waals surface area contributed by atoms with E-state index in [-0.39, 0.29) is 5.69 Å². The van der Waals surface area contributed by atoms with Crippen LogP contribution in [0.1, 0.15) is 6.92 Å². The Morgan fingerprint density at radius 2 is 1.71 bits per heavy atom. The molecule has 5 rings (SSSR count). The quantitative estimate of drug-likeness (QED) is 0.487. The molecule has 0 aliphatic carbocycles. The second-order valence-electron chi connectivity index (χ2n) is 6.78. The molecule has 0 bridgehead atoms. The maximum Gasteiger partial charge on any atom is 0.334 e. The van der Waals surface area contributed by atoms with Crippen LogP contribution >= 0.6 is 0 Å². The van der Waals surface area contributed by atoms with Crippen LogP contribution in [0.25, 0.3) is 39.0 Å². The minimum Gasteiger partial charge on any atom is -0.334 e. The van der Waals surface area contributed by atoms with Crippen LogP contribution in [0, 0.1) is 0 Å². The van der Waals surface area contributed by atoms with E-state index in [0.717, 1.165) is 33.4 Å². The zero-order valence-electron chi connectivity index (χ0n) is 15.7. The summed E-state index contributed by atoms with van der Waals surface area (Å²) in [4.78, 5) is 21.9. The molecule has 138 valence electrons. The molecule has 2 aromatic carbocycles. The number of para-hydroxylation sites is 1. The van der Waals surface area contributed by atoms with Crippen molar-refractivity contribution in [3.8, 4) is 16.8 Å². The Kier molecular flexibility index (Phi) is 3.65. The third-order valence-corrected chi connectivity index (χ3v) is 5.20. The van der Waals surface area contributed by atoms with Gasteiger partial charge in [0.1, 0.15) is 0 Å². The van der Waals surface area contributed by atoms with E-state index in [9.17, 15) is 4.79 Å². The predicted molar refractivity (Wildman–Crippen MR) is 111 cm³/mol. The molecule has 0 saturated heterocycles. The summed E-state index contributed by atoms with van der Waals surface area (Å²) in [5.74, 6) is 0. The Morgan fingerprint density at radius 3 is 2.50 bits per heavy atom. The Balaban J connectivity index is 1.66. The SMILES string of the molecule is CCn1c(=O)n(-c2ccc(-c3cccc4c3ncn4C)cc2)c2ncccc21. The highest BCUT2D eigenvalue weighted by molar-refractivity contribution is 5.92. The first-order valence-corrected chi connectivity index (χ1v) is 9.26. The van der Waals surface area contributed by atoms with Gasteiger partial charge in [0.25, 0.3) is 0 Å². The molecule has 0 unspecified atom stereocenters. The van der Waals surface area contributed by atoms with E-state index in [1.807, 2.05) is 67.3 Å². The highest BCUT2D eigenvalue weighted by atomic mass is 16.1. The molecule has 3 aromatic heterocycles. The van der Waals surface area contributed by atoms with Gasteiger partial charge in [0, 0.05) is 25.4 Å². The Hall–Kier alpha value is -3.67. The molecule has 0 N–H and O–H groups in total. The summed E-state index contributed by atoms with van der Waals surface area (Å²) in [6.07, 6.45) is 3.54. The summed E-state index contributed by atoms with van der Waals surface area (Å²) in [6, 6.07) is 17.9. The van der Waals surface area contributed by atoms with Gasteiger partial charge in [-0.05, 0) is 42.8 Å². The summed E-state index contributed by atoms with van der Waals surface area (Å²) in [6.45, 7) is 2.57. The van der Waals surface area contributed by atoms with Gasteiger partial charge in [-0.25, -0.2) is 19.3 Å². The molecule has 0 aliphatic rings. The van der Waals surface area contributed by atoms with Crippen molar-refractivity contribution in [3.05, 3.63) is 77.6 Å². The molecule has 0 saturated carbocycles. The summed E-state index contributed by atoms with van der Waals surface area (Å²) in [5, 5.41) is 0. The van der Waals surface area contributed by atoms with E-state index in [1.54, 1.807) is 15.3 Å². The van der Waals surface area contributed by atoms with Crippen molar-refractivity contribution in [3.63, 3.8) is 0 Å². The number of aryl methyl sites for hydroxylation is 2. The number of aromatic nitrogens is 5. The van der Waals surface area contributed by atoms with Gasteiger partial charge in [-0.2, -0.15) is 0 Å². The van der Waals surface area contributed by atoms with Gasteiger partial charge in [-0.15, -0.1) is 0 Å². The van der Waals surface area contributed by atoms with Crippen LogP contribution < -0.4 is 5.69 Å². The average Bonchev–Trinajstić information content (AvgIpc) is 3.25. The smallest absolute Gasteiger partial charge is 0.334 e. The third kappa shape index (κ3) is 2.31. The minimum atomic E-state index is -0.0734. The molecule has 3 heterocycles. The number of fused-ring (bicyclic) bond motifs is 2. The fourth-order valence-electron chi connectivity index (χ4n) is 3.81. The molecule has 0 spiro atoms. The molecular weight excluding hydrogens is 350 g/mol. The van der Waals surface area contributed by atoms with Crippen molar-refractivity contribution in [2.75, 3.05) is 0 Å². The van der Waals surface area contributed by atoms with Crippen LogP contribution in [0.5, 0.6) is 0 Å². The first-order valence-electron chi connectivity index (χ1n) is 9.26. The fraction of sp³-hybridized carbons (Fsp3) is 0.136. The lowest BCUT2D eigenvalue weighted by Gasteiger charge is -2.07. The van der Waals surface area contributed by atoms with Gasteiger partial charge in [-0.1, -0.05) is 24.3 Å². The standard InChI is InChI=1S/C22H19N5O/c1-3-26-19-8-5-13-23-21(19)27(22(26)28)16-11-9-15(10-12-16)17-6-4-7-18-20(17)24-14-25(18)2/h4-14H,3H2,1-2H3. The average molecular weight is 369 g/mol. The van der Waals surface area contributed by atoms with E-state index in [1.165, 1.54) is 0 Å². The zero-order chi connectivity index (χ0) is 19.3. The maximum absolute atomic E-state index is 12.9. The lowest BCUT2D eigenvalue weighted by atomic mass is 10.0. The number of pyridine rings is 1. The number of hydrogen-bond acceptors (Lipinski definition) is 3. The fourth-order valence-corrected chi connectivity index (χ4v) is 3.81. The number of imidazole rings is 2. The van der Waals surface area contributed by atoms with Crippen LogP contribution in [0.4, 0.5) is 0 Å². The number of hydrogen-bond donors (Lipinski definition) is 0. The Bertz CT molecular complexity index is 1370. The first-order chi connectivity index (χ1) is 13.7. The topological polar surface area (TPSA) is 57.6 Å². The van der Waals surface area contributed by atoms with E-state index < -0.39 is 0 Å². The molecule has 5 aromatic rings. The second kappa shape index (κ2) is 6.20. The highest BCUT2D eigenvalue weighted by Gasteiger charge is 2.15. The van der Waals surface area contributed by atoms with Crippen molar-refractivity contribution in [1.82, 2.24) is 23.7 Å². The first kappa shape index (κ1) is 16.5. The Labute approximate surface area is 161 Å². The van der Waals surface area contributed by atoms with Gasteiger partial charge < -0.3 is 4.57 Å². The minimum absolute atomic E-state index is 0.0734. The molecule has 0 radical (unpaired) electrons. The molecule has 0 aliphatic heterocycles. The molecule has 0 amide bonds. The lowest BCUT2D eigenvalue weighted by molar-refractivity contribution is 0.734. The van der Waals surface area contributed by atoms with Crippen LogP contribution in [0.3, 0.4) is 0 Å². The van der Waals surface area contributed by atoms with E-state index in [0.29, 0.717) is 12.2 Å². The monoisotopic (exact) mass is 369 g/mol. The molecule has 0 fully saturated rings. The molecular formula is C22H19N5O. The van der Waals surface area contributed by atoms with Gasteiger partial charge in [0.2, 0.25) is 0 Å². The Morgan fingerprint density at radius 1 is 0.929 bits per heavy atom. The second-order valence-corrected chi connectivity index (χ2v) is 6.78. The highest BCUT2D eigenvalue weighted by Crippen LogP contribution is 2.28. The predicted octanol–water partition coefficient (Wildman–Crippen LogP) is 3.76. The summed E-state index contributed by atoms with van der Waals surface area (Å²) in [5.41, 5.74) is 6.45. The third-order valence-electron chi connectivity index (χ3n) is 5.20. The number of benzene rings is 2.